The van der Waals surface area contributed by atoms with E-state index in [1.807, 2.05) is 31.4 Å². The third-order valence-electron chi connectivity index (χ3n) is 4.57. The van der Waals surface area contributed by atoms with Crippen LogP contribution >= 0.6 is 23.2 Å². The number of anilines is 1. The van der Waals surface area contributed by atoms with E-state index in [1.165, 1.54) is 18.6 Å². The van der Waals surface area contributed by atoms with Gasteiger partial charge in [0.05, 0.1) is 39.9 Å². The Kier molecular flexibility index (Phi) is 5.48. The number of aryl methyl sites for hydroxylation is 1. The van der Waals surface area contributed by atoms with Crippen LogP contribution in [0.3, 0.4) is 0 Å². The number of carbonyl (C=O) groups is 1. The number of amides is 1. The number of nitrogens with one attached hydrogen (secondary N) is 1. The van der Waals surface area contributed by atoms with Crippen LogP contribution in [0.15, 0.2) is 55.4 Å². The molecule has 0 radical (unpaired) electrons. The van der Waals surface area contributed by atoms with Crippen molar-refractivity contribution < 1.29 is 4.79 Å². The zero-order chi connectivity index (χ0) is 21.3. The topological polar surface area (TPSA) is 85.6 Å². The molecule has 1 amide bonds. The molecule has 3 aromatic heterocycles. The summed E-state index contributed by atoms with van der Waals surface area (Å²) in [6, 6.07) is 5.67. The van der Waals surface area contributed by atoms with Gasteiger partial charge in [0, 0.05) is 36.8 Å². The molecule has 150 valence electrons. The SMILES string of the molecule is Cc1c(Cl)cncc1C(=O)Nc1cnc(-c2cc(-c3cnn(C)c3)ccc2Cl)cn1. The molecule has 0 unspecified atom stereocenters. The maximum Gasteiger partial charge on any atom is 0.258 e. The van der Waals surface area contributed by atoms with Gasteiger partial charge < -0.3 is 5.32 Å². The minimum absolute atomic E-state index is 0.308. The monoisotopic (exact) mass is 438 g/mol. The first-order chi connectivity index (χ1) is 14.4. The Morgan fingerprint density at radius 3 is 2.53 bits per heavy atom. The Bertz CT molecular complexity index is 1240. The highest BCUT2D eigenvalue weighted by atomic mass is 35.5. The Morgan fingerprint density at radius 1 is 1.00 bits per heavy atom. The van der Waals surface area contributed by atoms with Crippen LogP contribution in [0, 0.1) is 6.92 Å². The standard InChI is InChI=1S/C21H16Cl2N6O/c1-12-16(7-24-8-18(12)23)21(30)28-20-10-25-19(9-26-20)15-5-13(3-4-17(15)22)14-6-27-29(2)11-14/h3-11H,1-2H3,(H,26,28,30). The molecule has 0 saturated heterocycles. The number of rotatable bonds is 4. The van der Waals surface area contributed by atoms with E-state index in [9.17, 15) is 4.79 Å². The Hall–Kier alpha value is -3.29. The third-order valence-corrected chi connectivity index (χ3v) is 5.28. The summed E-state index contributed by atoms with van der Waals surface area (Å²) in [6.07, 6.45) is 9.70. The highest BCUT2D eigenvalue weighted by Crippen LogP contribution is 2.31. The fraction of sp³-hybridized carbons (Fsp3) is 0.0952. The van der Waals surface area contributed by atoms with Crippen molar-refractivity contribution in [3.63, 3.8) is 0 Å². The number of benzene rings is 1. The third kappa shape index (κ3) is 4.03. The average Bonchev–Trinajstić information content (AvgIpc) is 3.17. The van der Waals surface area contributed by atoms with Gasteiger partial charge in [-0.1, -0.05) is 29.3 Å². The van der Waals surface area contributed by atoms with E-state index in [1.54, 1.807) is 24.0 Å². The van der Waals surface area contributed by atoms with Crippen LogP contribution in [0.4, 0.5) is 5.82 Å². The van der Waals surface area contributed by atoms with Crippen molar-refractivity contribution in [1.29, 1.82) is 0 Å². The number of hydrogen-bond acceptors (Lipinski definition) is 5. The molecule has 4 aromatic rings. The predicted molar refractivity (Wildman–Crippen MR) is 117 cm³/mol. The van der Waals surface area contributed by atoms with Gasteiger partial charge in [-0.2, -0.15) is 5.10 Å². The van der Waals surface area contributed by atoms with Gasteiger partial charge in [0.25, 0.3) is 5.91 Å². The van der Waals surface area contributed by atoms with Gasteiger partial charge in [-0.05, 0) is 30.2 Å². The highest BCUT2D eigenvalue weighted by Gasteiger charge is 2.14. The number of nitrogens with zero attached hydrogens (tertiary/aromatic N) is 5. The number of halogens is 2. The average molecular weight is 439 g/mol. The maximum absolute atomic E-state index is 12.5. The van der Waals surface area contributed by atoms with E-state index >= 15 is 0 Å². The summed E-state index contributed by atoms with van der Waals surface area (Å²) >= 11 is 12.4. The summed E-state index contributed by atoms with van der Waals surface area (Å²) in [5.74, 6) is -0.0520. The molecule has 0 spiro atoms. The molecule has 30 heavy (non-hydrogen) atoms. The van der Waals surface area contributed by atoms with E-state index in [0.29, 0.717) is 32.7 Å². The van der Waals surface area contributed by atoms with Crippen LogP contribution in [0.1, 0.15) is 15.9 Å². The number of hydrogen-bond donors (Lipinski definition) is 1. The van der Waals surface area contributed by atoms with Crippen LogP contribution in [-0.2, 0) is 7.05 Å². The van der Waals surface area contributed by atoms with E-state index in [-0.39, 0.29) is 5.91 Å². The van der Waals surface area contributed by atoms with Gasteiger partial charge in [-0.15, -0.1) is 0 Å². The maximum atomic E-state index is 12.5. The molecule has 0 fully saturated rings. The molecule has 0 saturated carbocycles. The smallest absolute Gasteiger partial charge is 0.258 e. The van der Waals surface area contributed by atoms with Gasteiger partial charge >= 0.3 is 0 Å². The highest BCUT2D eigenvalue weighted by molar-refractivity contribution is 6.33. The van der Waals surface area contributed by atoms with E-state index in [0.717, 1.165) is 16.7 Å². The Balaban J connectivity index is 1.58. The molecule has 1 aromatic carbocycles. The van der Waals surface area contributed by atoms with E-state index in [4.69, 9.17) is 23.2 Å². The Morgan fingerprint density at radius 2 is 1.83 bits per heavy atom. The van der Waals surface area contributed by atoms with Crippen molar-refractivity contribution in [3.05, 3.63) is 76.6 Å². The first-order valence-electron chi connectivity index (χ1n) is 8.95. The number of aromatic nitrogens is 5. The molecule has 0 bridgehead atoms. The molecule has 0 aliphatic rings. The minimum atomic E-state index is -0.360. The largest absolute Gasteiger partial charge is 0.305 e. The van der Waals surface area contributed by atoms with Gasteiger partial charge in [-0.3, -0.25) is 19.4 Å². The first kappa shape index (κ1) is 20.0. The predicted octanol–water partition coefficient (Wildman–Crippen LogP) is 4.81. The molecule has 0 aliphatic carbocycles. The summed E-state index contributed by atoms with van der Waals surface area (Å²) in [7, 11) is 1.86. The van der Waals surface area contributed by atoms with Crippen molar-refractivity contribution in [3.8, 4) is 22.4 Å². The minimum Gasteiger partial charge on any atom is -0.305 e. The second-order valence-electron chi connectivity index (χ2n) is 6.63. The second-order valence-corrected chi connectivity index (χ2v) is 7.45. The van der Waals surface area contributed by atoms with Gasteiger partial charge in [0.1, 0.15) is 0 Å². The molecule has 4 rings (SSSR count). The number of carbonyl (C=O) groups excluding carboxylic acids is 1. The van der Waals surface area contributed by atoms with Crippen molar-refractivity contribution in [2.45, 2.75) is 6.92 Å². The summed E-state index contributed by atoms with van der Waals surface area (Å²) in [5, 5.41) is 7.87. The molecular formula is C21H16Cl2N6O. The fourth-order valence-electron chi connectivity index (χ4n) is 2.92. The van der Waals surface area contributed by atoms with Crippen LogP contribution in [-0.4, -0.2) is 30.6 Å². The second kappa shape index (κ2) is 8.22. The van der Waals surface area contributed by atoms with Gasteiger partial charge in [0.15, 0.2) is 5.82 Å². The fourth-order valence-corrected chi connectivity index (χ4v) is 3.29. The molecular weight excluding hydrogens is 423 g/mol. The molecule has 0 atom stereocenters. The van der Waals surface area contributed by atoms with Crippen molar-refractivity contribution in [2.75, 3.05) is 5.32 Å². The number of pyridine rings is 1. The summed E-state index contributed by atoms with van der Waals surface area (Å²) in [6.45, 7) is 1.75. The molecule has 0 aliphatic heterocycles. The van der Waals surface area contributed by atoms with Gasteiger partial charge in [0.2, 0.25) is 0 Å². The van der Waals surface area contributed by atoms with Crippen molar-refractivity contribution >= 4 is 34.9 Å². The van der Waals surface area contributed by atoms with E-state index < -0.39 is 0 Å². The lowest BCUT2D eigenvalue weighted by Gasteiger charge is -2.09. The summed E-state index contributed by atoms with van der Waals surface area (Å²) < 4.78 is 1.73. The van der Waals surface area contributed by atoms with E-state index in [2.05, 4.69) is 25.4 Å². The quantitative estimate of drug-likeness (QED) is 0.494. The van der Waals surface area contributed by atoms with Crippen molar-refractivity contribution in [1.82, 2.24) is 24.7 Å². The van der Waals surface area contributed by atoms with Crippen LogP contribution in [0.5, 0.6) is 0 Å². The summed E-state index contributed by atoms with van der Waals surface area (Å²) in [5.41, 5.74) is 4.28. The van der Waals surface area contributed by atoms with Gasteiger partial charge in [-0.25, -0.2) is 4.98 Å². The molecule has 7 nitrogen and oxygen atoms in total. The molecule has 3 heterocycles. The zero-order valence-corrected chi connectivity index (χ0v) is 17.6. The lowest BCUT2D eigenvalue weighted by molar-refractivity contribution is 0.102. The summed E-state index contributed by atoms with van der Waals surface area (Å²) in [4.78, 5) is 25.2. The zero-order valence-electron chi connectivity index (χ0n) is 16.1. The normalized spacial score (nSPS) is 10.8. The van der Waals surface area contributed by atoms with Crippen molar-refractivity contribution in [2.24, 2.45) is 7.05 Å². The molecule has 1 N–H and O–H groups in total. The first-order valence-corrected chi connectivity index (χ1v) is 9.70. The lowest BCUT2D eigenvalue weighted by Crippen LogP contribution is -2.15. The van der Waals surface area contributed by atoms with Crippen LogP contribution in [0.25, 0.3) is 22.4 Å². The van der Waals surface area contributed by atoms with Crippen LogP contribution < -0.4 is 5.32 Å². The lowest BCUT2D eigenvalue weighted by atomic mass is 10.0. The Labute approximate surface area is 182 Å². The van der Waals surface area contributed by atoms with Crippen LogP contribution in [0.2, 0.25) is 10.0 Å². The molecule has 9 heteroatoms.